The van der Waals surface area contributed by atoms with Crippen molar-refractivity contribution in [3.8, 4) is 11.8 Å². The molecule has 0 bridgehead atoms. The number of hydrogen-bond donors (Lipinski definition) is 2. The molecule has 3 aliphatic heterocycles. The van der Waals surface area contributed by atoms with Crippen molar-refractivity contribution in [1.29, 1.82) is 5.26 Å². The number of nitrogens with zero attached hydrogens (tertiary/aromatic N) is 3. The maximum Gasteiger partial charge on any atom is 0.355 e. The summed E-state index contributed by atoms with van der Waals surface area (Å²) >= 11 is 1.17. The quantitative estimate of drug-likeness (QED) is 0.0749. The highest BCUT2D eigenvalue weighted by molar-refractivity contribution is 7.57. The molecule has 4 aliphatic rings. The predicted octanol–water partition coefficient (Wildman–Crippen LogP) is 7.25. The van der Waals surface area contributed by atoms with Crippen LogP contribution < -0.4 is 14.9 Å². The standard InChI is InChI=1S/C45H49FN5O8PS/c1-28(44(55)58-23-22-57-2)49-60(56,59-33-13-7-4-8-14-33)40(46)30-16-19-38-31(24-30)25-39(61-38)41(52)48-36-15-9-12-32-17-18-37(51(32)42(36)53)43(54)50-27-34(29-10-5-3-6-11-29)35(26-47)45(50)20-21-45/h3-8,10-11,13-14,16,19,24-25,28,32,34-37,40H,9,12,15,17-18,20-23,27H2,1-2H3,(H,48,52)(H,49,56)/t28-,32-,34-,35-,36-,37-,40+,60?/m0/s1. The van der Waals surface area contributed by atoms with E-state index in [-0.39, 0.29) is 54.2 Å². The van der Waals surface area contributed by atoms with E-state index in [0.29, 0.717) is 47.2 Å². The topological polar surface area (TPSA) is 167 Å². The first kappa shape index (κ1) is 42.6. The SMILES string of the molecule is COCCOC(=O)[C@H](C)NP(=O)(Oc1ccccc1)[C@@H](F)c1ccc2sc(C(=O)N[C@H]3CCC[C@H]4CC[C@@H](C(=O)N5C[C@@H](c6ccccc6)[C@H](C#N)C56CC6)N4C3=O)cc2c1. The fourth-order valence-corrected chi connectivity index (χ4v) is 12.2. The van der Waals surface area contributed by atoms with Gasteiger partial charge in [0.15, 0.2) is 0 Å². The molecule has 1 spiro atoms. The smallest absolute Gasteiger partial charge is 0.355 e. The second-order valence-corrected chi connectivity index (χ2v) is 19.6. The van der Waals surface area contributed by atoms with Crippen molar-refractivity contribution < 1.29 is 42.1 Å². The van der Waals surface area contributed by atoms with E-state index in [4.69, 9.17) is 14.0 Å². The van der Waals surface area contributed by atoms with Gasteiger partial charge in [-0.2, -0.15) is 5.26 Å². The average molecular weight is 870 g/mol. The van der Waals surface area contributed by atoms with Crippen molar-refractivity contribution in [2.45, 2.75) is 93.4 Å². The molecule has 8 rings (SSSR count). The minimum absolute atomic E-state index is 0.000799. The number of thiophene rings is 1. The Hall–Kier alpha value is -5.13. The minimum atomic E-state index is -4.49. The normalized spacial score (nSPS) is 24.9. The van der Waals surface area contributed by atoms with E-state index < -0.39 is 49.0 Å². The first-order valence-electron chi connectivity index (χ1n) is 20.8. The van der Waals surface area contributed by atoms with Gasteiger partial charge < -0.3 is 29.1 Å². The molecule has 4 aromatic rings. The Bertz CT molecular complexity index is 2370. The summed E-state index contributed by atoms with van der Waals surface area (Å²) in [6.45, 7) is 1.95. The zero-order valence-corrected chi connectivity index (χ0v) is 35.7. The van der Waals surface area contributed by atoms with Gasteiger partial charge in [-0.25, -0.2) is 9.48 Å². The van der Waals surface area contributed by atoms with E-state index in [9.17, 15) is 29.0 Å². The van der Waals surface area contributed by atoms with Gasteiger partial charge >= 0.3 is 13.5 Å². The minimum Gasteiger partial charge on any atom is -0.462 e. The molecule has 320 valence electrons. The molecule has 2 N–H and O–H groups in total. The van der Waals surface area contributed by atoms with Crippen LogP contribution >= 0.6 is 18.9 Å². The highest BCUT2D eigenvalue weighted by Gasteiger charge is 2.64. The molecule has 3 aromatic carbocycles. The third-order valence-corrected chi connectivity index (χ3v) is 15.8. The third kappa shape index (κ3) is 8.43. The Kier molecular flexibility index (Phi) is 12.3. The Labute approximate surface area is 358 Å². The van der Waals surface area contributed by atoms with E-state index in [1.165, 1.54) is 49.6 Å². The average Bonchev–Trinajstić information content (AvgIpc) is 3.64. The van der Waals surface area contributed by atoms with E-state index in [0.717, 1.165) is 24.8 Å². The summed E-state index contributed by atoms with van der Waals surface area (Å²) in [5.74, 6) is -4.16. The van der Waals surface area contributed by atoms with Gasteiger partial charge in [0.1, 0.15) is 30.5 Å². The highest BCUT2D eigenvalue weighted by Crippen LogP contribution is 2.59. The van der Waals surface area contributed by atoms with Crippen LogP contribution in [0.5, 0.6) is 5.75 Å². The zero-order chi connectivity index (χ0) is 42.9. The van der Waals surface area contributed by atoms with Crippen molar-refractivity contribution in [2.75, 3.05) is 26.9 Å². The lowest BCUT2D eigenvalue weighted by Crippen LogP contribution is -2.56. The summed E-state index contributed by atoms with van der Waals surface area (Å²) in [6, 6.07) is 23.8. The molecular formula is C45H49FN5O8PS. The second-order valence-electron chi connectivity index (χ2n) is 16.4. The fourth-order valence-electron chi connectivity index (χ4n) is 9.37. The number of methoxy groups -OCH3 is 1. The van der Waals surface area contributed by atoms with Gasteiger partial charge in [-0.3, -0.25) is 23.7 Å². The van der Waals surface area contributed by atoms with Crippen molar-refractivity contribution in [1.82, 2.24) is 20.2 Å². The van der Waals surface area contributed by atoms with E-state index in [1.807, 2.05) is 35.2 Å². The van der Waals surface area contributed by atoms with Gasteiger partial charge in [0, 0.05) is 30.3 Å². The van der Waals surface area contributed by atoms with E-state index >= 15 is 4.39 Å². The molecule has 8 atom stereocenters. The molecular weight excluding hydrogens is 821 g/mol. The van der Waals surface area contributed by atoms with E-state index in [1.54, 1.807) is 35.2 Å². The lowest BCUT2D eigenvalue weighted by Gasteiger charge is -2.35. The molecule has 1 aromatic heterocycles. The van der Waals surface area contributed by atoms with Gasteiger partial charge in [0.05, 0.1) is 29.0 Å². The van der Waals surface area contributed by atoms with Crippen LogP contribution in [0, 0.1) is 17.2 Å². The number of nitrogens with one attached hydrogen (secondary N) is 2. The lowest BCUT2D eigenvalue weighted by molar-refractivity contribution is -0.147. The van der Waals surface area contributed by atoms with Crippen LogP contribution in [0.3, 0.4) is 0 Å². The van der Waals surface area contributed by atoms with Gasteiger partial charge in [0.25, 0.3) is 5.91 Å². The van der Waals surface area contributed by atoms with Crippen molar-refractivity contribution in [3.63, 3.8) is 0 Å². The van der Waals surface area contributed by atoms with Crippen LogP contribution in [0.1, 0.15) is 84.5 Å². The summed E-state index contributed by atoms with van der Waals surface area (Å²) in [7, 11) is -3.04. The van der Waals surface area contributed by atoms with Crippen LogP contribution in [-0.2, 0) is 28.4 Å². The number of ether oxygens (including phenoxy) is 2. The molecule has 4 heterocycles. The third-order valence-electron chi connectivity index (χ3n) is 12.5. The summed E-state index contributed by atoms with van der Waals surface area (Å²) in [6.07, 6.45) is 4.56. The molecule has 3 saturated heterocycles. The van der Waals surface area contributed by atoms with E-state index in [2.05, 4.69) is 16.5 Å². The number of halogens is 1. The monoisotopic (exact) mass is 869 g/mol. The Morgan fingerprint density at radius 2 is 1.74 bits per heavy atom. The number of likely N-dealkylation sites (tertiary alicyclic amines) is 1. The fraction of sp³-hybridized carbons (Fsp3) is 0.444. The number of amides is 3. The summed E-state index contributed by atoms with van der Waals surface area (Å²) in [5, 5.41) is 16.3. The van der Waals surface area contributed by atoms with Crippen LogP contribution in [0.25, 0.3) is 10.1 Å². The van der Waals surface area contributed by atoms with Gasteiger partial charge in [0.2, 0.25) is 17.7 Å². The molecule has 3 amide bonds. The number of carbonyl (C=O) groups is 4. The number of alkyl halides is 1. The number of esters is 1. The largest absolute Gasteiger partial charge is 0.462 e. The number of carbonyl (C=O) groups excluding carboxylic acids is 4. The second kappa shape index (κ2) is 17.7. The predicted molar refractivity (Wildman–Crippen MR) is 227 cm³/mol. The molecule has 1 saturated carbocycles. The highest BCUT2D eigenvalue weighted by atomic mass is 32.1. The molecule has 1 unspecified atom stereocenters. The van der Waals surface area contributed by atoms with Crippen LogP contribution in [0.15, 0.2) is 84.9 Å². The van der Waals surface area contributed by atoms with Crippen molar-refractivity contribution in [2.24, 2.45) is 5.92 Å². The summed E-state index contributed by atoms with van der Waals surface area (Å²) in [4.78, 5) is 59.3. The van der Waals surface area contributed by atoms with Crippen LogP contribution in [0.4, 0.5) is 4.39 Å². The number of rotatable bonds is 14. The summed E-state index contributed by atoms with van der Waals surface area (Å²) in [5.41, 5.74) is 0.517. The summed E-state index contributed by atoms with van der Waals surface area (Å²) < 4.78 is 47.4. The first-order chi connectivity index (χ1) is 29.5. The van der Waals surface area contributed by atoms with Crippen LogP contribution in [-0.4, -0.2) is 90.1 Å². The number of fused-ring (bicyclic) bond motifs is 2. The molecule has 13 nitrogen and oxygen atoms in total. The zero-order valence-electron chi connectivity index (χ0n) is 34.0. The van der Waals surface area contributed by atoms with Crippen molar-refractivity contribution in [3.05, 3.63) is 101 Å². The molecule has 16 heteroatoms. The Balaban J connectivity index is 0.975. The lowest BCUT2D eigenvalue weighted by atomic mass is 9.85. The Morgan fingerprint density at radius 1 is 1.00 bits per heavy atom. The maximum atomic E-state index is 16.6. The van der Waals surface area contributed by atoms with Crippen molar-refractivity contribution >= 4 is 52.6 Å². The van der Waals surface area contributed by atoms with Gasteiger partial charge in [-0.05, 0) is 98.7 Å². The first-order valence-corrected chi connectivity index (χ1v) is 23.3. The molecule has 1 aliphatic carbocycles. The number of nitriles is 1. The van der Waals surface area contributed by atoms with Crippen LogP contribution in [0.2, 0.25) is 0 Å². The van der Waals surface area contributed by atoms with Gasteiger partial charge in [-0.1, -0.05) is 54.6 Å². The molecule has 0 radical (unpaired) electrons. The Morgan fingerprint density at radius 3 is 2.44 bits per heavy atom. The number of para-hydroxylation sites is 1. The molecule has 61 heavy (non-hydrogen) atoms. The van der Waals surface area contributed by atoms with Gasteiger partial charge in [-0.15, -0.1) is 11.3 Å². The maximum absolute atomic E-state index is 16.6. The number of benzene rings is 3. The molecule has 4 fully saturated rings. The number of hydrogen-bond acceptors (Lipinski definition) is 10.